The van der Waals surface area contributed by atoms with Crippen LogP contribution in [0.5, 0.6) is 0 Å². The molecule has 82 valence electrons. The fourth-order valence-electron chi connectivity index (χ4n) is 1.97. The van der Waals surface area contributed by atoms with Gasteiger partial charge < -0.3 is 4.74 Å². The highest BCUT2D eigenvalue weighted by Crippen LogP contribution is 2.38. The lowest BCUT2D eigenvalue weighted by atomic mass is 10.00. The molecule has 1 atom stereocenters. The summed E-state index contributed by atoms with van der Waals surface area (Å²) in [5, 5.41) is 0. The van der Waals surface area contributed by atoms with Crippen molar-refractivity contribution in [1.82, 2.24) is 0 Å². The summed E-state index contributed by atoms with van der Waals surface area (Å²) >= 11 is 0. The summed E-state index contributed by atoms with van der Waals surface area (Å²) in [5.41, 5.74) is 2.19. The Labute approximate surface area is 91.0 Å². The molecular formula is C13H18O2. The van der Waals surface area contributed by atoms with Gasteiger partial charge in [-0.15, -0.1) is 0 Å². The molecule has 2 aliphatic rings. The number of hydrogen-bond donors (Lipinski definition) is 0. The fraction of sp³-hybridized carbons (Fsp3) is 0.615. The van der Waals surface area contributed by atoms with E-state index in [1.165, 1.54) is 12.0 Å². The highest BCUT2D eigenvalue weighted by molar-refractivity contribution is 5.88. The van der Waals surface area contributed by atoms with Crippen molar-refractivity contribution in [2.45, 2.75) is 38.5 Å². The first-order valence-corrected chi connectivity index (χ1v) is 5.81. The second kappa shape index (κ2) is 4.65. The Kier molecular flexibility index (Phi) is 3.24. The molecule has 0 spiro atoms. The molecule has 0 bridgehead atoms. The molecule has 1 fully saturated rings. The normalized spacial score (nSPS) is 24.7. The first-order valence-electron chi connectivity index (χ1n) is 5.81. The summed E-state index contributed by atoms with van der Waals surface area (Å²) in [5.74, 6) is 0.527. The summed E-state index contributed by atoms with van der Waals surface area (Å²) < 4.78 is 5.23. The Bertz CT molecular complexity index is 302. The number of carbonyl (C=O) groups is 1. The van der Waals surface area contributed by atoms with Gasteiger partial charge in [0.1, 0.15) is 0 Å². The van der Waals surface area contributed by atoms with E-state index < -0.39 is 0 Å². The lowest BCUT2D eigenvalue weighted by Crippen LogP contribution is -2.11. The predicted octanol–water partition coefficient (Wildman–Crippen LogP) is 3.00. The predicted molar refractivity (Wildman–Crippen MR) is 59.4 cm³/mol. The minimum atomic E-state index is -0.0963. The minimum absolute atomic E-state index is 0.0963. The van der Waals surface area contributed by atoms with Gasteiger partial charge in [0.2, 0.25) is 0 Å². The zero-order chi connectivity index (χ0) is 10.7. The summed E-state index contributed by atoms with van der Waals surface area (Å²) in [6.07, 6.45) is 8.37. The van der Waals surface area contributed by atoms with Crippen LogP contribution in [0.15, 0.2) is 23.8 Å². The fourth-order valence-corrected chi connectivity index (χ4v) is 1.97. The third kappa shape index (κ3) is 2.95. The number of esters is 1. The molecule has 0 N–H and O–H groups in total. The van der Waals surface area contributed by atoms with Gasteiger partial charge in [-0.1, -0.05) is 18.2 Å². The van der Waals surface area contributed by atoms with Crippen LogP contribution in [0.3, 0.4) is 0 Å². The highest BCUT2D eigenvalue weighted by atomic mass is 16.5. The van der Waals surface area contributed by atoms with Crippen molar-refractivity contribution in [1.29, 1.82) is 0 Å². The Morgan fingerprint density at radius 2 is 2.33 bits per heavy atom. The van der Waals surface area contributed by atoms with Gasteiger partial charge >= 0.3 is 5.97 Å². The Morgan fingerprint density at radius 1 is 1.53 bits per heavy atom. The van der Waals surface area contributed by atoms with Gasteiger partial charge in [0.25, 0.3) is 0 Å². The van der Waals surface area contributed by atoms with Gasteiger partial charge in [0.05, 0.1) is 6.61 Å². The zero-order valence-corrected chi connectivity index (χ0v) is 9.13. The number of carbonyl (C=O) groups excluding carboxylic acids is 1. The monoisotopic (exact) mass is 206 g/mol. The molecule has 2 nitrogen and oxygen atoms in total. The van der Waals surface area contributed by atoms with E-state index in [2.05, 4.69) is 6.58 Å². The molecule has 2 aliphatic carbocycles. The maximum atomic E-state index is 11.6. The standard InChI is InChI=1S/C13H18O2/c1-10-9-12(10)7-8-15-13(14)11-5-3-2-4-6-11/h5,12H,1-4,6-9H2/t12-/m1/s1. The minimum Gasteiger partial charge on any atom is -0.462 e. The number of allylic oxidation sites excluding steroid dienone is 2. The van der Waals surface area contributed by atoms with Crippen molar-refractivity contribution in [2.24, 2.45) is 5.92 Å². The van der Waals surface area contributed by atoms with Crippen LogP contribution < -0.4 is 0 Å². The number of ether oxygens (including phenoxy) is 1. The largest absolute Gasteiger partial charge is 0.462 e. The number of hydrogen-bond acceptors (Lipinski definition) is 2. The molecule has 0 radical (unpaired) electrons. The smallest absolute Gasteiger partial charge is 0.333 e. The van der Waals surface area contributed by atoms with Crippen LogP contribution >= 0.6 is 0 Å². The van der Waals surface area contributed by atoms with E-state index in [4.69, 9.17) is 4.74 Å². The first kappa shape index (κ1) is 10.5. The van der Waals surface area contributed by atoms with Crippen molar-refractivity contribution in [2.75, 3.05) is 6.61 Å². The van der Waals surface area contributed by atoms with E-state index in [9.17, 15) is 4.79 Å². The second-order valence-electron chi connectivity index (χ2n) is 4.46. The van der Waals surface area contributed by atoms with E-state index in [1.54, 1.807) is 0 Å². The molecule has 0 aromatic carbocycles. The van der Waals surface area contributed by atoms with Crippen LogP contribution in [0.2, 0.25) is 0 Å². The molecule has 15 heavy (non-hydrogen) atoms. The molecule has 0 amide bonds. The van der Waals surface area contributed by atoms with E-state index in [0.29, 0.717) is 12.5 Å². The van der Waals surface area contributed by atoms with Gasteiger partial charge in [-0.2, -0.15) is 0 Å². The summed E-state index contributed by atoms with van der Waals surface area (Å²) in [7, 11) is 0. The van der Waals surface area contributed by atoms with Gasteiger partial charge in [0.15, 0.2) is 0 Å². The molecule has 0 saturated heterocycles. The topological polar surface area (TPSA) is 26.3 Å². The third-order valence-electron chi connectivity index (χ3n) is 3.18. The molecule has 0 aromatic heterocycles. The van der Waals surface area contributed by atoms with Crippen LogP contribution in [0.4, 0.5) is 0 Å². The van der Waals surface area contributed by atoms with Crippen LogP contribution in [0.1, 0.15) is 38.5 Å². The first-order chi connectivity index (χ1) is 7.27. The lowest BCUT2D eigenvalue weighted by molar-refractivity contribution is -0.139. The van der Waals surface area contributed by atoms with Gasteiger partial charge in [-0.3, -0.25) is 0 Å². The molecule has 0 aromatic rings. The average Bonchev–Trinajstić information content (AvgIpc) is 2.96. The van der Waals surface area contributed by atoms with Crippen molar-refractivity contribution in [3.8, 4) is 0 Å². The molecule has 0 heterocycles. The molecular weight excluding hydrogens is 188 g/mol. The molecule has 0 unspecified atom stereocenters. The average molecular weight is 206 g/mol. The van der Waals surface area contributed by atoms with Crippen molar-refractivity contribution in [3.63, 3.8) is 0 Å². The molecule has 1 saturated carbocycles. The third-order valence-corrected chi connectivity index (χ3v) is 3.18. The van der Waals surface area contributed by atoms with E-state index in [1.807, 2.05) is 6.08 Å². The Morgan fingerprint density at radius 3 is 2.93 bits per heavy atom. The molecule has 2 rings (SSSR count). The van der Waals surface area contributed by atoms with Gasteiger partial charge in [-0.25, -0.2) is 4.79 Å². The van der Waals surface area contributed by atoms with Crippen molar-refractivity contribution >= 4 is 5.97 Å². The quantitative estimate of drug-likeness (QED) is 0.522. The molecule has 0 aliphatic heterocycles. The summed E-state index contributed by atoms with van der Waals surface area (Å²) in [4.78, 5) is 11.6. The Hall–Kier alpha value is -1.05. The summed E-state index contributed by atoms with van der Waals surface area (Å²) in [6.45, 7) is 4.44. The van der Waals surface area contributed by atoms with Crippen LogP contribution in [0, 0.1) is 5.92 Å². The van der Waals surface area contributed by atoms with E-state index in [0.717, 1.165) is 37.7 Å². The maximum absolute atomic E-state index is 11.6. The van der Waals surface area contributed by atoms with Crippen molar-refractivity contribution < 1.29 is 9.53 Å². The van der Waals surface area contributed by atoms with E-state index in [-0.39, 0.29) is 5.97 Å². The highest BCUT2D eigenvalue weighted by Gasteiger charge is 2.27. The van der Waals surface area contributed by atoms with Crippen LogP contribution in [-0.2, 0) is 9.53 Å². The SMILES string of the molecule is C=C1C[C@H]1CCOC(=O)C1=CCCCC1. The summed E-state index contributed by atoms with van der Waals surface area (Å²) in [6, 6.07) is 0. The number of rotatable bonds is 4. The lowest BCUT2D eigenvalue weighted by Gasteiger charge is -2.11. The van der Waals surface area contributed by atoms with Crippen LogP contribution in [0.25, 0.3) is 0 Å². The molecule has 2 heteroatoms. The van der Waals surface area contributed by atoms with Crippen LogP contribution in [-0.4, -0.2) is 12.6 Å². The van der Waals surface area contributed by atoms with Gasteiger partial charge in [-0.05, 0) is 44.4 Å². The second-order valence-corrected chi connectivity index (χ2v) is 4.46. The maximum Gasteiger partial charge on any atom is 0.333 e. The zero-order valence-electron chi connectivity index (χ0n) is 9.13. The van der Waals surface area contributed by atoms with Crippen molar-refractivity contribution in [3.05, 3.63) is 23.8 Å². The van der Waals surface area contributed by atoms with Gasteiger partial charge in [0, 0.05) is 5.57 Å². The van der Waals surface area contributed by atoms with E-state index >= 15 is 0 Å². The Balaban J connectivity index is 1.67.